The van der Waals surface area contributed by atoms with Gasteiger partial charge in [-0.15, -0.1) is 0 Å². The molecule has 0 fully saturated rings. The molecule has 0 amide bonds. The molecule has 0 unspecified atom stereocenters. The highest BCUT2D eigenvalue weighted by molar-refractivity contribution is 5.89. The lowest BCUT2D eigenvalue weighted by Gasteiger charge is -2.12. The van der Waals surface area contributed by atoms with Gasteiger partial charge in [0.15, 0.2) is 17.8 Å². The fourth-order valence-corrected chi connectivity index (χ4v) is 1.89. The van der Waals surface area contributed by atoms with Crippen molar-refractivity contribution >= 4 is 6.29 Å². The fourth-order valence-electron chi connectivity index (χ4n) is 1.89. The van der Waals surface area contributed by atoms with Crippen LogP contribution in [0.15, 0.2) is 30.6 Å². The summed E-state index contributed by atoms with van der Waals surface area (Å²) < 4.78 is 10.4. The second-order valence-corrected chi connectivity index (χ2v) is 3.99. The number of nitrogens with zero attached hydrogens (tertiary/aromatic N) is 2. The van der Waals surface area contributed by atoms with Crippen molar-refractivity contribution in [1.29, 1.82) is 5.26 Å². The molecule has 0 aliphatic rings. The Hall–Kier alpha value is -2.87. The lowest BCUT2D eigenvalue weighted by atomic mass is 10.00. The molecule has 5 heteroatoms. The zero-order chi connectivity index (χ0) is 14.5. The summed E-state index contributed by atoms with van der Waals surface area (Å²) in [5.74, 6) is 0.984. The Morgan fingerprint density at radius 3 is 2.45 bits per heavy atom. The second kappa shape index (κ2) is 5.85. The molecule has 0 spiro atoms. The first-order chi connectivity index (χ1) is 9.73. The number of aromatic nitrogens is 1. The third kappa shape index (κ3) is 2.45. The van der Waals surface area contributed by atoms with Crippen LogP contribution < -0.4 is 9.47 Å². The first-order valence-electron chi connectivity index (χ1n) is 5.80. The highest BCUT2D eigenvalue weighted by Crippen LogP contribution is 2.35. The molecule has 0 aliphatic heterocycles. The first-order valence-corrected chi connectivity index (χ1v) is 5.80. The third-order valence-electron chi connectivity index (χ3n) is 2.86. The Labute approximate surface area is 116 Å². The van der Waals surface area contributed by atoms with Crippen molar-refractivity contribution in [3.05, 3.63) is 41.7 Å². The number of nitriles is 1. The van der Waals surface area contributed by atoms with Gasteiger partial charge in [-0.3, -0.25) is 9.78 Å². The average molecular weight is 268 g/mol. The van der Waals surface area contributed by atoms with E-state index in [0.29, 0.717) is 33.8 Å². The summed E-state index contributed by atoms with van der Waals surface area (Å²) in [4.78, 5) is 15.2. The molecule has 1 heterocycles. The summed E-state index contributed by atoms with van der Waals surface area (Å²) in [7, 11) is 3.02. The largest absolute Gasteiger partial charge is 0.493 e. The van der Waals surface area contributed by atoms with Crippen LogP contribution in [0.4, 0.5) is 0 Å². The fraction of sp³-hybridized carbons (Fsp3) is 0.133. The van der Waals surface area contributed by atoms with E-state index in [1.54, 1.807) is 24.4 Å². The van der Waals surface area contributed by atoms with Crippen molar-refractivity contribution < 1.29 is 14.3 Å². The maximum Gasteiger partial charge on any atom is 0.161 e. The lowest BCUT2D eigenvalue weighted by molar-refractivity contribution is 0.112. The van der Waals surface area contributed by atoms with Crippen molar-refractivity contribution in [3.63, 3.8) is 0 Å². The van der Waals surface area contributed by atoms with E-state index in [2.05, 4.69) is 4.98 Å². The Kier molecular flexibility index (Phi) is 3.96. The number of carbonyl (C=O) groups is 1. The molecular weight excluding hydrogens is 256 g/mol. The van der Waals surface area contributed by atoms with E-state index in [-0.39, 0.29) is 0 Å². The van der Waals surface area contributed by atoms with Crippen LogP contribution in [0.5, 0.6) is 11.5 Å². The molecule has 0 atom stereocenters. The van der Waals surface area contributed by atoms with Crippen LogP contribution >= 0.6 is 0 Å². The summed E-state index contributed by atoms with van der Waals surface area (Å²) >= 11 is 0. The van der Waals surface area contributed by atoms with Gasteiger partial charge in [-0.1, -0.05) is 0 Å². The number of aldehydes is 1. The lowest BCUT2D eigenvalue weighted by Crippen LogP contribution is -1.96. The normalized spacial score (nSPS) is 9.65. The number of methoxy groups -OCH3 is 2. The summed E-state index contributed by atoms with van der Waals surface area (Å²) in [5.41, 5.74) is 2.18. The highest BCUT2D eigenvalue weighted by atomic mass is 16.5. The van der Waals surface area contributed by atoms with Crippen LogP contribution in [-0.4, -0.2) is 25.5 Å². The summed E-state index contributed by atoms with van der Waals surface area (Å²) in [6.45, 7) is 0. The Bertz CT molecular complexity index is 690. The minimum atomic E-state index is 0.425. The summed E-state index contributed by atoms with van der Waals surface area (Å²) in [6.07, 6.45) is 3.79. The van der Waals surface area contributed by atoms with Crippen LogP contribution in [0.1, 0.15) is 15.9 Å². The topological polar surface area (TPSA) is 72.2 Å². The van der Waals surface area contributed by atoms with E-state index >= 15 is 0 Å². The van der Waals surface area contributed by atoms with Gasteiger partial charge in [0.25, 0.3) is 0 Å². The zero-order valence-corrected chi connectivity index (χ0v) is 11.1. The van der Waals surface area contributed by atoms with E-state index < -0.39 is 0 Å². The monoisotopic (exact) mass is 268 g/mol. The third-order valence-corrected chi connectivity index (χ3v) is 2.86. The number of benzene rings is 1. The standard InChI is InChI=1S/C15H12N2O3/c1-19-14-4-12(9-18)13(5-15(14)20-2)11-3-10(6-16)7-17-8-11/h3-5,7-9H,1-2H3. The van der Waals surface area contributed by atoms with Crippen molar-refractivity contribution in [2.24, 2.45) is 0 Å². The number of hydrogen-bond acceptors (Lipinski definition) is 5. The minimum Gasteiger partial charge on any atom is -0.493 e. The zero-order valence-electron chi connectivity index (χ0n) is 11.1. The summed E-state index contributed by atoms with van der Waals surface area (Å²) in [6, 6.07) is 6.98. The molecule has 100 valence electrons. The van der Waals surface area contributed by atoms with Gasteiger partial charge in [0.05, 0.1) is 19.8 Å². The maximum atomic E-state index is 11.2. The number of ether oxygens (including phenoxy) is 2. The van der Waals surface area contributed by atoms with Crippen molar-refractivity contribution in [2.45, 2.75) is 0 Å². The van der Waals surface area contributed by atoms with Crippen molar-refractivity contribution in [3.8, 4) is 28.7 Å². The van der Waals surface area contributed by atoms with Gasteiger partial charge >= 0.3 is 0 Å². The molecule has 20 heavy (non-hydrogen) atoms. The first kappa shape index (κ1) is 13.6. The quantitative estimate of drug-likeness (QED) is 0.796. The molecule has 0 bridgehead atoms. The Morgan fingerprint density at radius 1 is 1.15 bits per heavy atom. The van der Waals surface area contributed by atoms with Gasteiger partial charge in [0.2, 0.25) is 0 Å². The molecule has 0 N–H and O–H groups in total. The van der Waals surface area contributed by atoms with Crippen LogP contribution in [0.2, 0.25) is 0 Å². The van der Waals surface area contributed by atoms with Crippen molar-refractivity contribution in [1.82, 2.24) is 4.98 Å². The van der Waals surface area contributed by atoms with E-state index in [0.717, 1.165) is 6.29 Å². The van der Waals surface area contributed by atoms with Crippen LogP contribution in [0, 0.1) is 11.3 Å². The summed E-state index contributed by atoms with van der Waals surface area (Å²) in [5, 5.41) is 8.91. The Morgan fingerprint density at radius 2 is 1.85 bits per heavy atom. The van der Waals surface area contributed by atoms with Gasteiger partial charge in [-0.25, -0.2) is 0 Å². The predicted octanol–water partition coefficient (Wildman–Crippen LogP) is 2.45. The SMILES string of the molecule is COc1cc(C=O)c(-c2cncc(C#N)c2)cc1OC. The highest BCUT2D eigenvalue weighted by Gasteiger charge is 2.13. The second-order valence-electron chi connectivity index (χ2n) is 3.99. The molecule has 1 aromatic heterocycles. The smallest absolute Gasteiger partial charge is 0.161 e. The molecular formula is C15H12N2O3. The Balaban J connectivity index is 2.66. The molecule has 0 radical (unpaired) electrons. The molecule has 2 rings (SSSR count). The number of hydrogen-bond donors (Lipinski definition) is 0. The van der Waals surface area contributed by atoms with Gasteiger partial charge in [-0.2, -0.15) is 5.26 Å². The molecule has 1 aromatic carbocycles. The van der Waals surface area contributed by atoms with Crippen LogP contribution in [-0.2, 0) is 0 Å². The molecule has 0 aliphatic carbocycles. The number of carbonyl (C=O) groups excluding carboxylic acids is 1. The minimum absolute atomic E-state index is 0.425. The van der Waals surface area contributed by atoms with E-state index in [1.807, 2.05) is 6.07 Å². The molecule has 2 aromatic rings. The van der Waals surface area contributed by atoms with E-state index in [1.165, 1.54) is 20.4 Å². The van der Waals surface area contributed by atoms with Crippen LogP contribution in [0.25, 0.3) is 11.1 Å². The molecule has 0 saturated heterocycles. The maximum absolute atomic E-state index is 11.2. The van der Waals surface area contributed by atoms with Crippen molar-refractivity contribution in [2.75, 3.05) is 14.2 Å². The van der Waals surface area contributed by atoms with Crippen LogP contribution in [0.3, 0.4) is 0 Å². The van der Waals surface area contributed by atoms with E-state index in [9.17, 15) is 4.79 Å². The van der Waals surface area contributed by atoms with Gasteiger partial charge in [0, 0.05) is 23.5 Å². The van der Waals surface area contributed by atoms with Gasteiger partial charge in [0.1, 0.15) is 6.07 Å². The van der Waals surface area contributed by atoms with Gasteiger partial charge in [-0.05, 0) is 23.8 Å². The average Bonchev–Trinajstić information content (AvgIpc) is 2.53. The number of rotatable bonds is 4. The van der Waals surface area contributed by atoms with E-state index in [4.69, 9.17) is 14.7 Å². The predicted molar refractivity (Wildman–Crippen MR) is 72.9 cm³/mol. The number of pyridine rings is 1. The molecule has 0 saturated carbocycles. The van der Waals surface area contributed by atoms with Gasteiger partial charge < -0.3 is 9.47 Å². The molecule has 5 nitrogen and oxygen atoms in total.